The molecule has 0 atom stereocenters. The van der Waals surface area contributed by atoms with Gasteiger partial charge in [0.25, 0.3) is 5.91 Å². The lowest BCUT2D eigenvalue weighted by Gasteiger charge is -2.09. The maximum atomic E-state index is 12.7. The third-order valence-corrected chi connectivity index (χ3v) is 4.99. The average molecular weight is 454 g/mol. The Morgan fingerprint density at radius 1 is 1.00 bits per heavy atom. The number of nitrogens with one attached hydrogen (secondary N) is 2. The number of carbonyl (C=O) groups is 1. The summed E-state index contributed by atoms with van der Waals surface area (Å²) in [5.41, 5.74) is 0.709. The second-order valence-corrected chi connectivity index (χ2v) is 7.21. The first-order chi connectivity index (χ1) is 16.6. The quantitative estimate of drug-likeness (QED) is 0.372. The van der Waals surface area contributed by atoms with Gasteiger partial charge in [-0.3, -0.25) is 4.79 Å². The highest BCUT2D eigenvalue weighted by Gasteiger charge is 2.16. The van der Waals surface area contributed by atoms with Gasteiger partial charge in [-0.05, 0) is 54.6 Å². The minimum Gasteiger partial charge on any atom is -0.493 e. The number of hydrogen-bond donors (Lipinski definition) is 2. The van der Waals surface area contributed by atoms with E-state index in [4.69, 9.17) is 9.15 Å². The van der Waals surface area contributed by atoms with E-state index in [2.05, 4.69) is 25.9 Å². The fourth-order valence-electron chi connectivity index (χ4n) is 3.34. The number of aromatic nitrogens is 4. The zero-order valence-corrected chi connectivity index (χ0v) is 17.9. The highest BCUT2D eigenvalue weighted by atomic mass is 16.5. The summed E-state index contributed by atoms with van der Waals surface area (Å²) in [7, 11) is 1.48. The summed E-state index contributed by atoms with van der Waals surface area (Å²) in [5, 5.41) is 18.8. The Morgan fingerprint density at radius 2 is 1.82 bits per heavy atom. The molecule has 0 fully saturated rings. The van der Waals surface area contributed by atoms with Gasteiger partial charge < -0.3 is 19.8 Å². The van der Waals surface area contributed by atoms with E-state index >= 15 is 0 Å². The van der Waals surface area contributed by atoms with Crippen molar-refractivity contribution in [3.8, 4) is 11.6 Å². The number of ether oxygens (including phenoxy) is 1. The predicted molar refractivity (Wildman–Crippen MR) is 126 cm³/mol. The van der Waals surface area contributed by atoms with Crippen molar-refractivity contribution >= 4 is 34.1 Å². The van der Waals surface area contributed by atoms with Gasteiger partial charge in [0.1, 0.15) is 5.56 Å². The molecule has 0 aliphatic rings. The molecule has 0 spiro atoms. The number of anilines is 3. The second-order valence-electron chi connectivity index (χ2n) is 7.21. The Bertz CT molecular complexity index is 1510. The Hall–Kier alpha value is -4.99. The molecule has 5 aromatic rings. The van der Waals surface area contributed by atoms with Crippen LogP contribution in [0.25, 0.3) is 16.8 Å². The fraction of sp³-hybridized carbons (Fsp3) is 0.0417. The van der Waals surface area contributed by atoms with Crippen molar-refractivity contribution in [2.45, 2.75) is 0 Å². The summed E-state index contributed by atoms with van der Waals surface area (Å²) in [6, 6.07) is 19.0. The van der Waals surface area contributed by atoms with Gasteiger partial charge in [-0.15, -0.1) is 10.2 Å². The van der Waals surface area contributed by atoms with E-state index in [1.165, 1.54) is 13.2 Å². The smallest absolute Gasteiger partial charge is 0.349 e. The standard InChI is InChI=1S/C24H18N6O4/c1-33-19-5-2-4-15-14-18(24(32)34-22(15)19)23(31)27-17-8-6-16(7-9-17)26-20-10-11-21(29-28-20)30-13-3-12-25-30/h2-14H,1H3,(H,26,28)(H,27,31). The van der Waals surface area contributed by atoms with Crippen LogP contribution in [0.2, 0.25) is 0 Å². The molecule has 2 aromatic carbocycles. The third-order valence-electron chi connectivity index (χ3n) is 4.99. The van der Waals surface area contributed by atoms with Crippen LogP contribution < -0.4 is 21.0 Å². The molecule has 5 rings (SSSR count). The van der Waals surface area contributed by atoms with Crippen LogP contribution in [0.4, 0.5) is 17.2 Å². The Morgan fingerprint density at radius 3 is 2.53 bits per heavy atom. The minimum atomic E-state index is -0.745. The minimum absolute atomic E-state index is 0.101. The number of amides is 1. The highest BCUT2D eigenvalue weighted by molar-refractivity contribution is 6.05. The lowest BCUT2D eigenvalue weighted by atomic mass is 10.1. The second kappa shape index (κ2) is 8.87. The molecular formula is C24H18N6O4. The summed E-state index contributed by atoms with van der Waals surface area (Å²) in [6.07, 6.45) is 3.45. The topological polar surface area (TPSA) is 124 Å². The number of nitrogens with zero attached hydrogens (tertiary/aromatic N) is 4. The normalized spacial score (nSPS) is 10.7. The number of rotatable bonds is 6. The molecule has 0 saturated carbocycles. The van der Waals surface area contributed by atoms with E-state index in [9.17, 15) is 9.59 Å². The molecule has 0 saturated heterocycles. The maximum Gasteiger partial charge on any atom is 0.349 e. The van der Waals surface area contributed by atoms with Crippen molar-refractivity contribution in [2.24, 2.45) is 0 Å². The van der Waals surface area contributed by atoms with Gasteiger partial charge in [-0.1, -0.05) is 12.1 Å². The van der Waals surface area contributed by atoms with Crippen LogP contribution in [-0.2, 0) is 0 Å². The molecule has 0 radical (unpaired) electrons. The van der Waals surface area contributed by atoms with Gasteiger partial charge in [0.15, 0.2) is 23.0 Å². The molecule has 0 bridgehead atoms. The average Bonchev–Trinajstić information content (AvgIpc) is 3.40. The van der Waals surface area contributed by atoms with Crippen molar-refractivity contribution in [3.05, 3.63) is 95.1 Å². The molecule has 0 aliphatic heterocycles. The van der Waals surface area contributed by atoms with Gasteiger partial charge in [0.2, 0.25) is 0 Å². The summed E-state index contributed by atoms with van der Waals surface area (Å²) >= 11 is 0. The van der Waals surface area contributed by atoms with E-state index in [0.717, 1.165) is 5.69 Å². The molecule has 10 heteroatoms. The van der Waals surface area contributed by atoms with Crippen molar-refractivity contribution in [3.63, 3.8) is 0 Å². The van der Waals surface area contributed by atoms with Gasteiger partial charge in [0, 0.05) is 29.2 Å². The van der Waals surface area contributed by atoms with Gasteiger partial charge in [-0.2, -0.15) is 5.10 Å². The van der Waals surface area contributed by atoms with Crippen LogP contribution in [0.15, 0.2) is 88.3 Å². The Labute approximate surface area is 192 Å². The van der Waals surface area contributed by atoms with E-state index < -0.39 is 11.5 Å². The molecule has 0 unspecified atom stereocenters. The largest absolute Gasteiger partial charge is 0.493 e. The van der Waals surface area contributed by atoms with Crippen molar-refractivity contribution in [2.75, 3.05) is 17.7 Å². The number of hydrogen-bond acceptors (Lipinski definition) is 8. The molecular weight excluding hydrogens is 436 g/mol. The molecule has 10 nitrogen and oxygen atoms in total. The monoisotopic (exact) mass is 454 g/mol. The first kappa shape index (κ1) is 20.9. The number of carbonyl (C=O) groups excluding carboxylic acids is 1. The number of fused-ring (bicyclic) bond motifs is 1. The van der Waals surface area contributed by atoms with Crippen LogP contribution in [0, 0.1) is 0 Å². The third kappa shape index (κ3) is 4.19. The zero-order chi connectivity index (χ0) is 23.5. The summed E-state index contributed by atoms with van der Waals surface area (Å²) in [5.74, 6) is 1.01. The first-order valence-corrected chi connectivity index (χ1v) is 10.2. The van der Waals surface area contributed by atoms with E-state index in [1.54, 1.807) is 77.7 Å². The lowest BCUT2D eigenvalue weighted by molar-refractivity contribution is 0.102. The van der Waals surface area contributed by atoms with Crippen LogP contribution in [0.5, 0.6) is 5.75 Å². The molecule has 34 heavy (non-hydrogen) atoms. The lowest BCUT2D eigenvalue weighted by Crippen LogP contribution is -2.20. The van der Waals surface area contributed by atoms with Crippen LogP contribution in [0.1, 0.15) is 10.4 Å². The zero-order valence-electron chi connectivity index (χ0n) is 17.9. The predicted octanol–water partition coefficient (Wildman–Crippen LogP) is 3.77. The maximum absolute atomic E-state index is 12.7. The van der Waals surface area contributed by atoms with Crippen molar-refractivity contribution < 1.29 is 13.9 Å². The Balaban J connectivity index is 1.28. The van der Waals surface area contributed by atoms with Crippen LogP contribution in [-0.4, -0.2) is 33.0 Å². The van der Waals surface area contributed by atoms with Crippen LogP contribution in [0.3, 0.4) is 0 Å². The summed E-state index contributed by atoms with van der Waals surface area (Å²) in [6.45, 7) is 0. The van der Waals surface area contributed by atoms with E-state index in [1.807, 2.05) is 0 Å². The summed E-state index contributed by atoms with van der Waals surface area (Å²) in [4.78, 5) is 25.1. The number of methoxy groups -OCH3 is 1. The molecule has 2 N–H and O–H groups in total. The van der Waals surface area contributed by atoms with E-state index in [0.29, 0.717) is 34.0 Å². The van der Waals surface area contributed by atoms with Crippen molar-refractivity contribution in [1.29, 1.82) is 0 Å². The molecule has 168 valence electrons. The number of para-hydroxylation sites is 1. The molecule has 1 amide bonds. The van der Waals surface area contributed by atoms with Gasteiger partial charge in [-0.25, -0.2) is 9.48 Å². The van der Waals surface area contributed by atoms with Crippen molar-refractivity contribution in [1.82, 2.24) is 20.0 Å². The summed E-state index contributed by atoms with van der Waals surface area (Å²) < 4.78 is 12.1. The number of benzene rings is 2. The fourth-order valence-corrected chi connectivity index (χ4v) is 3.34. The molecule has 3 aromatic heterocycles. The first-order valence-electron chi connectivity index (χ1n) is 10.2. The molecule has 0 aliphatic carbocycles. The Kier molecular flexibility index (Phi) is 5.45. The van der Waals surface area contributed by atoms with E-state index in [-0.39, 0.29) is 5.56 Å². The highest BCUT2D eigenvalue weighted by Crippen LogP contribution is 2.25. The SMILES string of the molecule is COc1cccc2cc(C(=O)Nc3ccc(Nc4ccc(-n5cccn5)nn4)cc3)c(=O)oc12. The van der Waals surface area contributed by atoms with Gasteiger partial charge in [0.05, 0.1) is 7.11 Å². The van der Waals surface area contributed by atoms with Crippen LogP contribution >= 0.6 is 0 Å². The molecule has 3 heterocycles. The van der Waals surface area contributed by atoms with Gasteiger partial charge >= 0.3 is 5.63 Å².